The van der Waals surface area contributed by atoms with E-state index < -0.39 is 0 Å². The van der Waals surface area contributed by atoms with Crippen molar-refractivity contribution in [3.8, 4) is 0 Å². The standard InChI is InChI=1S/C14H28N2/c1-3-5-6-7-8-12-16(4-2)13-14-10-9-11-15-14/h3,14-15H,1,4-13H2,2H3. The summed E-state index contributed by atoms with van der Waals surface area (Å²) < 4.78 is 0. The minimum Gasteiger partial charge on any atom is -0.313 e. The van der Waals surface area contributed by atoms with Gasteiger partial charge in [0.15, 0.2) is 0 Å². The molecule has 0 amide bonds. The largest absolute Gasteiger partial charge is 0.313 e. The van der Waals surface area contributed by atoms with Gasteiger partial charge in [0.05, 0.1) is 0 Å². The van der Waals surface area contributed by atoms with Gasteiger partial charge in [0.25, 0.3) is 0 Å². The molecule has 1 fully saturated rings. The van der Waals surface area contributed by atoms with E-state index >= 15 is 0 Å². The number of allylic oxidation sites excluding steroid dienone is 1. The van der Waals surface area contributed by atoms with Crippen LogP contribution >= 0.6 is 0 Å². The third-order valence-corrected chi connectivity index (χ3v) is 3.47. The third-order valence-electron chi connectivity index (χ3n) is 3.47. The van der Waals surface area contributed by atoms with Crippen LogP contribution in [0.3, 0.4) is 0 Å². The van der Waals surface area contributed by atoms with Gasteiger partial charge in [0.1, 0.15) is 0 Å². The Morgan fingerprint density at radius 2 is 2.25 bits per heavy atom. The van der Waals surface area contributed by atoms with Crippen LogP contribution in [0.2, 0.25) is 0 Å². The summed E-state index contributed by atoms with van der Waals surface area (Å²) in [6.45, 7) is 11.0. The second-order valence-electron chi connectivity index (χ2n) is 4.82. The Kier molecular flexibility index (Phi) is 7.52. The van der Waals surface area contributed by atoms with E-state index in [-0.39, 0.29) is 0 Å². The SMILES string of the molecule is C=CCCCCCN(CC)CC1CCCN1. The lowest BCUT2D eigenvalue weighted by Crippen LogP contribution is -2.37. The van der Waals surface area contributed by atoms with Crippen molar-refractivity contribution in [3.63, 3.8) is 0 Å². The van der Waals surface area contributed by atoms with Crippen molar-refractivity contribution in [2.45, 2.75) is 51.5 Å². The molecule has 0 saturated carbocycles. The summed E-state index contributed by atoms with van der Waals surface area (Å²) in [6, 6.07) is 0.758. The number of hydrogen-bond donors (Lipinski definition) is 1. The highest BCUT2D eigenvalue weighted by atomic mass is 15.1. The molecule has 0 bridgehead atoms. The Bertz CT molecular complexity index is 174. The van der Waals surface area contributed by atoms with E-state index in [1.54, 1.807) is 0 Å². The molecule has 0 aliphatic carbocycles. The van der Waals surface area contributed by atoms with Gasteiger partial charge in [-0.25, -0.2) is 0 Å². The van der Waals surface area contributed by atoms with Crippen LogP contribution in [0, 0.1) is 0 Å². The Morgan fingerprint density at radius 1 is 1.38 bits per heavy atom. The quantitative estimate of drug-likeness (QED) is 0.478. The minimum absolute atomic E-state index is 0.758. The molecule has 0 spiro atoms. The van der Waals surface area contributed by atoms with Gasteiger partial charge in [0.2, 0.25) is 0 Å². The van der Waals surface area contributed by atoms with Crippen LogP contribution in [0.5, 0.6) is 0 Å². The summed E-state index contributed by atoms with van der Waals surface area (Å²) in [7, 11) is 0. The number of hydrogen-bond acceptors (Lipinski definition) is 2. The maximum atomic E-state index is 3.76. The molecule has 0 aromatic heterocycles. The molecule has 0 aromatic rings. The van der Waals surface area contributed by atoms with Gasteiger partial charge in [-0.15, -0.1) is 6.58 Å². The number of unbranched alkanes of at least 4 members (excludes halogenated alkanes) is 3. The van der Waals surface area contributed by atoms with Crippen LogP contribution < -0.4 is 5.32 Å². The molecule has 1 atom stereocenters. The predicted molar refractivity (Wildman–Crippen MR) is 71.8 cm³/mol. The fraction of sp³-hybridized carbons (Fsp3) is 0.857. The van der Waals surface area contributed by atoms with Crippen molar-refractivity contribution < 1.29 is 0 Å². The Hall–Kier alpha value is -0.340. The molecule has 1 aliphatic heterocycles. The number of nitrogens with zero attached hydrogens (tertiary/aromatic N) is 1. The maximum absolute atomic E-state index is 3.76. The second-order valence-corrected chi connectivity index (χ2v) is 4.82. The molecule has 0 aromatic carbocycles. The van der Waals surface area contributed by atoms with Crippen molar-refractivity contribution in [3.05, 3.63) is 12.7 Å². The minimum atomic E-state index is 0.758. The molecular formula is C14H28N2. The van der Waals surface area contributed by atoms with Crippen molar-refractivity contribution in [1.29, 1.82) is 0 Å². The van der Waals surface area contributed by atoms with Gasteiger partial charge in [-0.2, -0.15) is 0 Å². The smallest absolute Gasteiger partial charge is 0.0195 e. The van der Waals surface area contributed by atoms with Gasteiger partial charge in [-0.3, -0.25) is 0 Å². The first-order chi connectivity index (χ1) is 7.86. The van der Waals surface area contributed by atoms with Crippen LogP contribution in [0.15, 0.2) is 12.7 Å². The van der Waals surface area contributed by atoms with Crippen LogP contribution in [-0.2, 0) is 0 Å². The summed E-state index contributed by atoms with van der Waals surface area (Å²) in [6.07, 6.45) is 9.93. The van der Waals surface area contributed by atoms with Crippen LogP contribution in [0.4, 0.5) is 0 Å². The fourth-order valence-corrected chi connectivity index (χ4v) is 2.40. The van der Waals surface area contributed by atoms with Gasteiger partial charge >= 0.3 is 0 Å². The summed E-state index contributed by atoms with van der Waals surface area (Å²) >= 11 is 0. The average Bonchev–Trinajstić information content (AvgIpc) is 2.80. The molecule has 1 heterocycles. The Labute approximate surface area is 101 Å². The summed E-state index contributed by atoms with van der Waals surface area (Å²) in [5.74, 6) is 0. The van der Waals surface area contributed by atoms with Gasteiger partial charge in [-0.1, -0.05) is 19.4 Å². The van der Waals surface area contributed by atoms with Crippen molar-refractivity contribution in [2.24, 2.45) is 0 Å². The lowest BCUT2D eigenvalue weighted by molar-refractivity contribution is 0.256. The lowest BCUT2D eigenvalue weighted by Gasteiger charge is -2.24. The Balaban J connectivity index is 2.03. The second kappa shape index (κ2) is 8.77. The molecule has 1 unspecified atom stereocenters. The monoisotopic (exact) mass is 224 g/mol. The Morgan fingerprint density at radius 3 is 2.88 bits per heavy atom. The molecule has 2 heteroatoms. The van der Waals surface area contributed by atoms with Crippen LogP contribution in [-0.4, -0.2) is 37.1 Å². The highest BCUT2D eigenvalue weighted by molar-refractivity contribution is 4.77. The van der Waals surface area contributed by atoms with Crippen LogP contribution in [0.25, 0.3) is 0 Å². The highest BCUT2D eigenvalue weighted by Gasteiger charge is 2.16. The van der Waals surface area contributed by atoms with Crippen LogP contribution in [0.1, 0.15) is 45.4 Å². The molecule has 1 saturated heterocycles. The van der Waals surface area contributed by atoms with E-state index in [1.165, 1.54) is 64.7 Å². The first-order valence-electron chi connectivity index (χ1n) is 6.93. The van der Waals surface area contributed by atoms with E-state index in [9.17, 15) is 0 Å². The molecule has 94 valence electrons. The maximum Gasteiger partial charge on any atom is 0.0195 e. The molecule has 2 nitrogen and oxygen atoms in total. The van der Waals surface area contributed by atoms with E-state index in [0.29, 0.717) is 0 Å². The average molecular weight is 224 g/mol. The fourth-order valence-electron chi connectivity index (χ4n) is 2.40. The number of nitrogens with one attached hydrogen (secondary N) is 1. The predicted octanol–water partition coefficient (Wildman–Crippen LogP) is 2.81. The first-order valence-corrected chi connectivity index (χ1v) is 6.93. The first kappa shape index (κ1) is 13.7. The van der Waals surface area contributed by atoms with Crippen molar-refractivity contribution in [2.75, 3.05) is 26.2 Å². The highest BCUT2D eigenvalue weighted by Crippen LogP contribution is 2.08. The summed E-state index contributed by atoms with van der Waals surface area (Å²) in [5, 5.41) is 3.58. The van der Waals surface area contributed by atoms with E-state index in [1.807, 2.05) is 6.08 Å². The molecule has 1 aliphatic rings. The van der Waals surface area contributed by atoms with Crippen molar-refractivity contribution in [1.82, 2.24) is 10.2 Å². The lowest BCUT2D eigenvalue weighted by atomic mass is 10.1. The van der Waals surface area contributed by atoms with Gasteiger partial charge < -0.3 is 10.2 Å². The van der Waals surface area contributed by atoms with E-state index in [2.05, 4.69) is 23.7 Å². The normalized spacial score (nSPS) is 20.5. The van der Waals surface area contributed by atoms with Gasteiger partial charge in [-0.05, 0) is 51.7 Å². The zero-order chi connectivity index (χ0) is 11.6. The summed E-state index contributed by atoms with van der Waals surface area (Å²) in [5.41, 5.74) is 0. The molecular weight excluding hydrogens is 196 g/mol. The molecule has 1 rings (SSSR count). The molecule has 1 N–H and O–H groups in total. The third kappa shape index (κ3) is 5.66. The topological polar surface area (TPSA) is 15.3 Å². The summed E-state index contributed by atoms with van der Waals surface area (Å²) in [4.78, 5) is 2.59. The molecule has 16 heavy (non-hydrogen) atoms. The zero-order valence-corrected chi connectivity index (χ0v) is 10.9. The number of rotatable bonds is 9. The van der Waals surface area contributed by atoms with Crippen molar-refractivity contribution >= 4 is 0 Å². The number of likely N-dealkylation sites (N-methyl/N-ethyl adjacent to an activating group) is 1. The van der Waals surface area contributed by atoms with Gasteiger partial charge in [0, 0.05) is 12.6 Å². The van der Waals surface area contributed by atoms with E-state index in [0.717, 1.165) is 6.04 Å². The zero-order valence-electron chi connectivity index (χ0n) is 10.9. The molecule has 0 radical (unpaired) electrons. The van der Waals surface area contributed by atoms with E-state index in [4.69, 9.17) is 0 Å².